The lowest BCUT2D eigenvalue weighted by Gasteiger charge is -2.20. The van der Waals surface area contributed by atoms with Crippen LogP contribution in [0.5, 0.6) is 0 Å². The summed E-state index contributed by atoms with van der Waals surface area (Å²) < 4.78 is 37.2. The van der Waals surface area contributed by atoms with Crippen molar-refractivity contribution in [1.82, 2.24) is 4.98 Å². The molecule has 0 aliphatic carbocycles. The van der Waals surface area contributed by atoms with Gasteiger partial charge in [-0.15, -0.1) is 0 Å². The highest BCUT2D eigenvalue weighted by atomic mass is 32.2. The van der Waals surface area contributed by atoms with Crippen molar-refractivity contribution in [3.8, 4) is 0 Å². The first-order valence-electron chi connectivity index (χ1n) is 8.17. The van der Waals surface area contributed by atoms with Gasteiger partial charge in [0.2, 0.25) is 0 Å². The van der Waals surface area contributed by atoms with Crippen molar-refractivity contribution in [2.75, 3.05) is 11.6 Å². The Morgan fingerprint density at radius 2 is 1.89 bits per heavy atom. The van der Waals surface area contributed by atoms with Crippen molar-refractivity contribution < 1.29 is 17.7 Å². The number of anilines is 1. The lowest BCUT2D eigenvalue weighted by molar-refractivity contribution is -0.384. The van der Waals surface area contributed by atoms with Gasteiger partial charge in [0.25, 0.3) is 5.69 Å². The Kier molecular flexibility index (Phi) is 5.36. The number of nitrogens with zero attached hydrogens (tertiary/aromatic N) is 2. The minimum Gasteiger partial charge on any atom is -0.367 e. The minimum atomic E-state index is -3.61. The second-order valence-electron chi connectivity index (χ2n) is 6.10. The largest absolute Gasteiger partial charge is 0.367 e. The van der Waals surface area contributed by atoms with E-state index in [2.05, 4.69) is 10.3 Å². The number of benzene rings is 2. The normalized spacial score (nSPS) is 12.4. The van der Waals surface area contributed by atoms with Gasteiger partial charge < -0.3 is 5.32 Å². The van der Waals surface area contributed by atoms with Crippen LogP contribution in [-0.4, -0.2) is 24.6 Å². The average Bonchev–Trinajstić information content (AvgIpc) is 2.66. The van der Waals surface area contributed by atoms with Gasteiger partial charge in [0, 0.05) is 18.5 Å². The summed E-state index contributed by atoms with van der Waals surface area (Å²) in [5.41, 5.74) is 0.729. The molecule has 28 heavy (non-hydrogen) atoms. The Balaban J connectivity index is 2.10. The zero-order valence-electron chi connectivity index (χ0n) is 14.7. The molecule has 0 aliphatic heterocycles. The molecule has 0 spiro atoms. The van der Waals surface area contributed by atoms with Gasteiger partial charge in [-0.3, -0.25) is 15.1 Å². The Labute approximate surface area is 160 Å². The van der Waals surface area contributed by atoms with E-state index in [1.165, 1.54) is 30.3 Å². The topological polar surface area (TPSA) is 102 Å². The van der Waals surface area contributed by atoms with Crippen molar-refractivity contribution in [2.24, 2.45) is 0 Å². The zero-order valence-corrected chi connectivity index (χ0v) is 15.6. The van der Waals surface area contributed by atoms with Gasteiger partial charge in [0.1, 0.15) is 11.5 Å². The number of rotatable bonds is 6. The molecular weight excluding hydrogens is 385 g/mol. The third kappa shape index (κ3) is 4.32. The number of halogens is 1. The van der Waals surface area contributed by atoms with Crippen LogP contribution in [0.2, 0.25) is 0 Å². The fraction of sp³-hybridized carbons (Fsp3) is 0.105. The maximum Gasteiger partial charge on any atom is 0.293 e. The predicted molar refractivity (Wildman–Crippen MR) is 102 cm³/mol. The summed E-state index contributed by atoms with van der Waals surface area (Å²) in [4.78, 5) is 14.9. The van der Waals surface area contributed by atoms with Crippen LogP contribution in [-0.2, 0) is 9.84 Å². The van der Waals surface area contributed by atoms with E-state index in [0.717, 1.165) is 12.3 Å². The third-order valence-corrected chi connectivity index (χ3v) is 5.17. The van der Waals surface area contributed by atoms with Crippen molar-refractivity contribution >= 4 is 21.2 Å². The number of nitro benzene ring substituents is 1. The molecule has 144 valence electrons. The molecule has 0 amide bonds. The SMILES string of the molecule is CS(=O)(=O)c1ccc(NC(c2cccc(F)c2)c2ccccn2)c([N+](=O)[O-])c1. The fourth-order valence-corrected chi connectivity index (χ4v) is 3.37. The second-order valence-corrected chi connectivity index (χ2v) is 8.11. The summed E-state index contributed by atoms with van der Waals surface area (Å²) in [5, 5.41) is 14.5. The van der Waals surface area contributed by atoms with Gasteiger partial charge in [-0.2, -0.15) is 0 Å². The molecule has 3 rings (SSSR count). The summed E-state index contributed by atoms with van der Waals surface area (Å²) in [7, 11) is -3.61. The van der Waals surface area contributed by atoms with E-state index in [0.29, 0.717) is 11.3 Å². The van der Waals surface area contributed by atoms with Gasteiger partial charge >= 0.3 is 0 Å². The van der Waals surface area contributed by atoms with E-state index in [-0.39, 0.29) is 10.6 Å². The van der Waals surface area contributed by atoms with Crippen LogP contribution in [0.3, 0.4) is 0 Å². The molecule has 1 aromatic heterocycles. The van der Waals surface area contributed by atoms with Gasteiger partial charge in [-0.05, 0) is 42.0 Å². The molecule has 0 saturated carbocycles. The highest BCUT2D eigenvalue weighted by Crippen LogP contribution is 2.33. The summed E-state index contributed by atoms with van der Waals surface area (Å²) in [6, 6.07) is 13.9. The van der Waals surface area contributed by atoms with Crippen LogP contribution in [0.1, 0.15) is 17.3 Å². The van der Waals surface area contributed by atoms with Gasteiger partial charge in [0.05, 0.1) is 21.6 Å². The van der Waals surface area contributed by atoms with E-state index >= 15 is 0 Å². The van der Waals surface area contributed by atoms with Crippen LogP contribution < -0.4 is 5.32 Å². The molecule has 0 aliphatic rings. The van der Waals surface area contributed by atoms with E-state index in [1.54, 1.807) is 30.5 Å². The summed E-state index contributed by atoms with van der Waals surface area (Å²) in [6.45, 7) is 0. The first-order chi connectivity index (χ1) is 13.3. The Morgan fingerprint density at radius 1 is 1.11 bits per heavy atom. The number of hydrogen-bond acceptors (Lipinski definition) is 6. The van der Waals surface area contributed by atoms with Crippen molar-refractivity contribution in [3.05, 3.63) is 94.0 Å². The number of hydrogen-bond donors (Lipinski definition) is 1. The predicted octanol–water partition coefficient (Wildman–Crippen LogP) is 3.73. The van der Waals surface area contributed by atoms with Crippen LogP contribution in [0, 0.1) is 15.9 Å². The summed E-state index contributed by atoms with van der Waals surface area (Å²) in [5.74, 6) is -0.456. The fourth-order valence-electron chi connectivity index (χ4n) is 2.73. The number of sulfone groups is 1. The second kappa shape index (κ2) is 7.73. The Morgan fingerprint density at radius 3 is 2.50 bits per heavy atom. The van der Waals surface area contributed by atoms with Crippen LogP contribution >= 0.6 is 0 Å². The zero-order chi connectivity index (χ0) is 20.3. The molecule has 9 heteroatoms. The van der Waals surface area contributed by atoms with Crippen LogP contribution in [0.15, 0.2) is 71.8 Å². The molecule has 7 nitrogen and oxygen atoms in total. The van der Waals surface area contributed by atoms with Crippen LogP contribution in [0.4, 0.5) is 15.8 Å². The smallest absolute Gasteiger partial charge is 0.293 e. The first-order valence-corrected chi connectivity index (χ1v) is 10.1. The highest BCUT2D eigenvalue weighted by molar-refractivity contribution is 7.90. The molecular formula is C19H16FN3O4S. The average molecular weight is 401 g/mol. The third-order valence-electron chi connectivity index (χ3n) is 4.06. The molecule has 0 radical (unpaired) electrons. The number of aromatic nitrogens is 1. The van der Waals surface area contributed by atoms with Crippen molar-refractivity contribution in [1.29, 1.82) is 0 Å². The van der Waals surface area contributed by atoms with Gasteiger partial charge in [-0.1, -0.05) is 18.2 Å². The van der Waals surface area contributed by atoms with E-state index in [9.17, 15) is 22.9 Å². The monoisotopic (exact) mass is 401 g/mol. The maximum atomic E-state index is 13.8. The molecule has 1 heterocycles. The molecule has 0 fully saturated rings. The van der Waals surface area contributed by atoms with E-state index in [1.807, 2.05) is 0 Å². The minimum absolute atomic E-state index is 0.0947. The van der Waals surface area contributed by atoms with Crippen molar-refractivity contribution in [3.63, 3.8) is 0 Å². The number of nitrogens with one attached hydrogen (secondary N) is 1. The van der Waals surface area contributed by atoms with Gasteiger partial charge in [0.15, 0.2) is 9.84 Å². The standard InChI is InChI=1S/C19H16FN3O4S/c1-28(26,27)15-8-9-16(18(12-15)23(24)25)22-19(17-7-2-3-10-21-17)13-5-4-6-14(20)11-13/h2-12,19,22H,1H3. The quantitative estimate of drug-likeness (QED) is 0.499. The summed E-state index contributed by atoms with van der Waals surface area (Å²) >= 11 is 0. The van der Waals surface area contributed by atoms with Crippen molar-refractivity contribution in [2.45, 2.75) is 10.9 Å². The van der Waals surface area contributed by atoms with E-state index < -0.39 is 32.3 Å². The van der Waals surface area contributed by atoms with E-state index in [4.69, 9.17) is 0 Å². The molecule has 2 aromatic carbocycles. The first kappa shape index (κ1) is 19.4. The van der Waals surface area contributed by atoms with Gasteiger partial charge in [-0.25, -0.2) is 12.8 Å². The molecule has 1 atom stereocenters. The molecule has 0 bridgehead atoms. The maximum absolute atomic E-state index is 13.8. The molecule has 1 unspecified atom stereocenters. The van der Waals surface area contributed by atoms with Crippen LogP contribution in [0.25, 0.3) is 0 Å². The lowest BCUT2D eigenvalue weighted by atomic mass is 10.0. The number of pyridine rings is 1. The highest BCUT2D eigenvalue weighted by Gasteiger charge is 2.23. The summed E-state index contributed by atoms with van der Waals surface area (Å²) in [6.07, 6.45) is 2.53. The Hall–Kier alpha value is -3.33. The lowest BCUT2D eigenvalue weighted by Crippen LogP contribution is -2.15. The molecule has 0 saturated heterocycles. The molecule has 3 aromatic rings. The number of nitro groups is 1. The molecule has 1 N–H and O–H groups in total. The Bertz CT molecular complexity index is 1120.